The van der Waals surface area contributed by atoms with E-state index in [1.165, 1.54) is 0 Å². The molecular formula is C9H22NOSi-. The third kappa shape index (κ3) is 6.82. The van der Waals surface area contributed by atoms with Gasteiger partial charge in [-0.05, 0) is 26.1 Å². The van der Waals surface area contributed by atoms with Gasteiger partial charge in [-0.1, -0.05) is 41.3 Å². The average Bonchev–Trinajstić information content (AvgIpc) is 1.96. The van der Waals surface area contributed by atoms with Gasteiger partial charge in [0.05, 0.1) is 0 Å². The Kier molecular flexibility index (Phi) is 5.79. The third-order valence-corrected chi connectivity index (χ3v) is 3.71. The van der Waals surface area contributed by atoms with E-state index in [9.17, 15) is 4.80 Å². The van der Waals surface area contributed by atoms with Gasteiger partial charge in [0.2, 0.25) is 0 Å². The van der Waals surface area contributed by atoms with Gasteiger partial charge in [0, 0.05) is 0 Å². The molecule has 74 valence electrons. The first kappa shape index (κ1) is 12.1. The van der Waals surface area contributed by atoms with E-state index < -0.39 is 8.32 Å². The molecule has 0 N–H and O–H groups in total. The van der Waals surface area contributed by atoms with E-state index in [1.54, 1.807) is 0 Å². The molecule has 0 unspecified atom stereocenters. The lowest BCUT2D eigenvalue weighted by Gasteiger charge is -2.30. The van der Waals surface area contributed by atoms with Crippen molar-refractivity contribution in [2.24, 2.45) is 0 Å². The molecule has 3 heteroatoms. The quantitative estimate of drug-likeness (QED) is 0.587. The highest BCUT2D eigenvalue weighted by molar-refractivity contribution is 6.68. The largest absolute Gasteiger partial charge is 0.859 e. The van der Waals surface area contributed by atoms with E-state index in [0.717, 1.165) is 32.1 Å². The highest BCUT2D eigenvalue weighted by Crippen LogP contribution is 2.05. The molecule has 0 aromatic heterocycles. The smallest absolute Gasteiger partial charge is 0.00221 e. The van der Waals surface area contributed by atoms with Gasteiger partial charge in [0.25, 0.3) is 0 Å². The van der Waals surface area contributed by atoms with E-state index >= 15 is 0 Å². The van der Waals surface area contributed by atoms with Crippen LogP contribution in [0.15, 0.2) is 0 Å². The monoisotopic (exact) mass is 188 g/mol. The van der Waals surface area contributed by atoms with Crippen molar-refractivity contribution in [3.63, 3.8) is 0 Å². The zero-order valence-electron chi connectivity index (χ0n) is 8.89. The molecule has 0 atom stereocenters. The molecular weight excluding hydrogens is 166 g/mol. The summed E-state index contributed by atoms with van der Waals surface area (Å²) in [6.45, 7) is 11.5. The van der Waals surface area contributed by atoms with E-state index in [2.05, 4.69) is 18.7 Å². The van der Waals surface area contributed by atoms with Gasteiger partial charge in [-0.3, -0.25) is 0 Å². The van der Waals surface area contributed by atoms with Crippen molar-refractivity contribution >= 4 is 8.32 Å². The molecule has 0 radical (unpaired) electrons. The maximum atomic E-state index is 11.4. The van der Waals surface area contributed by atoms with Gasteiger partial charge in [-0.15, -0.1) is 0 Å². The predicted molar refractivity (Wildman–Crippen MR) is 54.7 cm³/mol. The van der Waals surface area contributed by atoms with Crippen molar-refractivity contribution in [2.45, 2.75) is 39.4 Å². The summed E-state index contributed by atoms with van der Waals surface area (Å²) in [7, 11) is -2.03. The van der Waals surface area contributed by atoms with E-state index in [1.807, 2.05) is 13.1 Å². The minimum absolute atomic E-state index is 0.920. The molecule has 0 aromatic carbocycles. The molecule has 0 aliphatic heterocycles. The molecule has 2 nitrogen and oxygen atoms in total. The Morgan fingerprint density at radius 2 is 1.67 bits per heavy atom. The van der Waals surface area contributed by atoms with Gasteiger partial charge in [-0.2, -0.15) is 0 Å². The molecule has 0 bridgehead atoms. The average molecular weight is 188 g/mol. The third-order valence-electron chi connectivity index (χ3n) is 2.15. The van der Waals surface area contributed by atoms with Gasteiger partial charge in [0.1, 0.15) is 0 Å². The molecule has 0 spiro atoms. The van der Waals surface area contributed by atoms with Crippen LogP contribution in [0.5, 0.6) is 0 Å². The zero-order valence-corrected chi connectivity index (χ0v) is 9.89. The SMILES string of the molecule is CCN(CC)CCC[Si](C)(C)[O-]. The van der Waals surface area contributed by atoms with Gasteiger partial charge in [-0.25, -0.2) is 0 Å². The van der Waals surface area contributed by atoms with Crippen molar-refractivity contribution in [3.8, 4) is 0 Å². The fraction of sp³-hybridized carbons (Fsp3) is 1.00. The van der Waals surface area contributed by atoms with Crippen LogP contribution in [0.1, 0.15) is 20.3 Å². The molecule has 0 aliphatic rings. The van der Waals surface area contributed by atoms with Gasteiger partial charge >= 0.3 is 0 Å². The summed E-state index contributed by atoms with van der Waals surface area (Å²) >= 11 is 0. The summed E-state index contributed by atoms with van der Waals surface area (Å²) in [6.07, 6.45) is 1.09. The number of rotatable bonds is 6. The van der Waals surface area contributed by atoms with Crippen LogP contribution in [0, 0.1) is 0 Å². The molecule has 0 rings (SSSR count). The Balaban J connectivity index is 3.41. The summed E-state index contributed by atoms with van der Waals surface area (Å²) in [5.74, 6) is 0. The first-order valence-electron chi connectivity index (χ1n) is 4.92. The minimum Gasteiger partial charge on any atom is -0.859 e. The van der Waals surface area contributed by atoms with E-state index in [0.29, 0.717) is 0 Å². The first-order valence-corrected chi connectivity index (χ1v) is 8.04. The fourth-order valence-electron chi connectivity index (χ4n) is 1.27. The fourth-order valence-corrected chi connectivity index (χ4v) is 2.28. The Bertz CT molecular complexity index is 108. The summed E-state index contributed by atoms with van der Waals surface area (Å²) in [4.78, 5) is 13.8. The van der Waals surface area contributed by atoms with Crippen LogP contribution in [-0.4, -0.2) is 32.9 Å². The molecule has 0 fully saturated rings. The maximum Gasteiger partial charge on any atom is -0.00221 e. The van der Waals surface area contributed by atoms with Crippen molar-refractivity contribution in [3.05, 3.63) is 0 Å². The Morgan fingerprint density at radius 3 is 2.00 bits per heavy atom. The first-order chi connectivity index (χ1) is 5.49. The van der Waals surface area contributed by atoms with Crippen molar-refractivity contribution in [1.29, 1.82) is 0 Å². The second-order valence-electron chi connectivity index (χ2n) is 3.89. The predicted octanol–water partition coefficient (Wildman–Crippen LogP) is 1.28. The van der Waals surface area contributed by atoms with Gasteiger partial charge < -0.3 is 9.70 Å². The Morgan fingerprint density at radius 1 is 1.17 bits per heavy atom. The highest BCUT2D eigenvalue weighted by Gasteiger charge is 2.04. The Labute approximate surface area is 77.7 Å². The van der Waals surface area contributed by atoms with Crippen LogP contribution in [-0.2, 0) is 0 Å². The lowest BCUT2D eigenvalue weighted by molar-refractivity contribution is -0.205. The lowest BCUT2D eigenvalue weighted by atomic mass is 10.4. The molecule has 0 heterocycles. The van der Waals surface area contributed by atoms with E-state index in [4.69, 9.17) is 0 Å². The van der Waals surface area contributed by atoms with Crippen molar-refractivity contribution < 1.29 is 4.80 Å². The topological polar surface area (TPSA) is 26.3 Å². The molecule has 12 heavy (non-hydrogen) atoms. The molecule has 0 saturated heterocycles. The van der Waals surface area contributed by atoms with Crippen LogP contribution in [0.4, 0.5) is 0 Å². The summed E-state index contributed by atoms with van der Waals surface area (Å²) in [6, 6.07) is 0.920. The maximum absolute atomic E-state index is 11.4. The van der Waals surface area contributed by atoms with Crippen LogP contribution in [0.3, 0.4) is 0 Å². The molecule has 0 amide bonds. The molecule has 0 aliphatic carbocycles. The number of hydrogen-bond acceptors (Lipinski definition) is 2. The second kappa shape index (κ2) is 5.73. The van der Waals surface area contributed by atoms with Crippen LogP contribution in [0.2, 0.25) is 19.1 Å². The van der Waals surface area contributed by atoms with E-state index in [-0.39, 0.29) is 0 Å². The summed E-state index contributed by atoms with van der Waals surface area (Å²) in [5.41, 5.74) is 0. The summed E-state index contributed by atoms with van der Waals surface area (Å²) < 4.78 is 0. The normalized spacial score (nSPS) is 12.5. The van der Waals surface area contributed by atoms with Crippen LogP contribution >= 0.6 is 0 Å². The minimum atomic E-state index is -2.03. The molecule has 0 aromatic rings. The number of nitrogens with zero attached hydrogens (tertiary/aromatic N) is 1. The Hall–Kier alpha value is 0.137. The van der Waals surface area contributed by atoms with Crippen LogP contribution in [0.25, 0.3) is 0 Å². The zero-order chi connectivity index (χ0) is 9.61. The van der Waals surface area contributed by atoms with Crippen molar-refractivity contribution in [2.75, 3.05) is 19.6 Å². The standard InChI is InChI=1S/C9H22NOSi/c1-5-10(6-2)8-7-9-12(3,4)11/h5-9H2,1-4H3/q-1. The number of hydrogen-bond donors (Lipinski definition) is 0. The molecule has 0 saturated carbocycles. The summed E-state index contributed by atoms with van der Waals surface area (Å²) in [5, 5.41) is 0. The van der Waals surface area contributed by atoms with Crippen molar-refractivity contribution in [1.82, 2.24) is 4.90 Å². The lowest BCUT2D eigenvalue weighted by Crippen LogP contribution is -2.43. The second-order valence-corrected chi connectivity index (χ2v) is 7.91. The highest BCUT2D eigenvalue weighted by atomic mass is 28.4. The van der Waals surface area contributed by atoms with Crippen LogP contribution < -0.4 is 4.80 Å². The van der Waals surface area contributed by atoms with Gasteiger partial charge in [0.15, 0.2) is 0 Å².